The van der Waals surface area contributed by atoms with Crippen molar-refractivity contribution in [3.8, 4) is 0 Å². The first-order chi connectivity index (χ1) is 14.2. The van der Waals surface area contributed by atoms with E-state index in [1.807, 2.05) is 43.6 Å². The lowest BCUT2D eigenvalue weighted by atomic mass is 10.2. The van der Waals surface area contributed by atoms with Crippen molar-refractivity contribution in [2.75, 3.05) is 19.4 Å². The van der Waals surface area contributed by atoms with Crippen LogP contribution in [0.15, 0.2) is 41.6 Å². The molecule has 11 heteroatoms. The third-order valence-corrected chi connectivity index (χ3v) is 5.04. The van der Waals surface area contributed by atoms with E-state index in [9.17, 15) is 0 Å². The number of nitrogens with two attached hydrogens (primary N) is 2. The molecule has 1 unspecified atom stereocenters. The molecule has 156 valence electrons. The summed E-state index contributed by atoms with van der Waals surface area (Å²) in [5.74, 6) is 0.420. The minimum absolute atomic E-state index is 0.160. The summed E-state index contributed by atoms with van der Waals surface area (Å²) in [7, 11) is 3.66. The lowest BCUT2D eigenvalue weighted by molar-refractivity contribution is 0.370. The van der Waals surface area contributed by atoms with E-state index in [-0.39, 0.29) is 11.3 Å². The second kappa shape index (κ2) is 9.01. The number of anilines is 2. The fourth-order valence-electron chi connectivity index (χ4n) is 2.65. The molecule has 2 aromatic rings. The first-order valence-electron chi connectivity index (χ1n) is 9.07. The Morgan fingerprint density at radius 3 is 2.53 bits per heavy atom. The van der Waals surface area contributed by atoms with Gasteiger partial charge in [0.15, 0.2) is 5.11 Å². The fraction of sp³-hybridized carbons (Fsp3) is 0.211. The number of nitrogens with one attached hydrogen (secondary N) is 2. The van der Waals surface area contributed by atoms with Crippen LogP contribution in [0.2, 0.25) is 0 Å². The van der Waals surface area contributed by atoms with E-state index in [0.29, 0.717) is 16.6 Å². The number of hydrogen-bond acceptors (Lipinski definition) is 8. The maximum atomic E-state index is 5.66. The van der Waals surface area contributed by atoms with Gasteiger partial charge in [-0.2, -0.15) is 5.10 Å². The Morgan fingerprint density at radius 2 is 1.97 bits per heavy atom. The van der Waals surface area contributed by atoms with Gasteiger partial charge in [0, 0.05) is 31.5 Å². The molecule has 0 spiro atoms. The largest absolute Gasteiger partial charge is 0.389 e. The third kappa shape index (κ3) is 4.99. The van der Waals surface area contributed by atoms with Crippen LogP contribution in [0, 0.1) is 0 Å². The highest BCUT2D eigenvalue weighted by molar-refractivity contribution is 7.80. The Morgan fingerprint density at radius 1 is 1.27 bits per heavy atom. The molecule has 6 N–H and O–H groups in total. The second-order valence-corrected chi connectivity index (χ2v) is 7.52. The summed E-state index contributed by atoms with van der Waals surface area (Å²) in [5.41, 5.74) is 15.1. The van der Waals surface area contributed by atoms with Crippen molar-refractivity contribution < 1.29 is 0 Å². The molecular weight excluding hydrogens is 418 g/mol. The van der Waals surface area contributed by atoms with E-state index in [1.54, 1.807) is 13.3 Å². The number of aromatic nitrogens is 2. The van der Waals surface area contributed by atoms with Crippen LogP contribution in [0.25, 0.3) is 5.70 Å². The van der Waals surface area contributed by atoms with E-state index < -0.39 is 0 Å². The third-order valence-electron chi connectivity index (χ3n) is 4.54. The molecule has 0 saturated carbocycles. The molecular formula is C19H23N9S2. The normalized spacial score (nSPS) is 15.6. The average molecular weight is 442 g/mol. The van der Waals surface area contributed by atoms with Crippen molar-refractivity contribution in [1.29, 1.82) is 0 Å². The van der Waals surface area contributed by atoms with Crippen LogP contribution in [-0.4, -0.2) is 56.5 Å². The monoisotopic (exact) mass is 441 g/mol. The molecule has 1 atom stereocenters. The van der Waals surface area contributed by atoms with Gasteiger partial charge in [-0.05, 0) is 49.5 Å². The van der Waals surface area contributed by atoms with Crippen molar-refractivity contribution in [2.45, 2.75) is 13.1 Å². The van der Waals surface area contributed by atoms with Crippen molar-refractivity contribution in [2.24, 2.45) is 16.6 Å². The van der Waals surface area contributed by atoms with Crippen molar-refractivity contribution >= 4 is 58.1 Å². The molecule has 0 saturated heterocycles. The number of rotatable bonds is 6. The van der Waals surface area contributed by atoms with Crippen LogP contribution in [0.4, 0.5) is 11.6 Å². The minimum atomic E-state index is 0.160. The predicted octanol–water partition coefficient (Wildman–Crippen LogP) is 1.54. The lowest BCUT2D eigenvalue weighted by Crippen LogP contribution is -2.30. The van der Waals surface area contributed by atoms with Gasteiger partial charge in [0.2, 0.25) is 5.95 Å². The van der Waals surface area contributed by atoms with Gasteiger partial charge in [-0.3, -0.25) is 0 Å². The Bertz CT molecular complexity index is 1020. The van der Waals surface area contributed by atoms with Crippen molar-refractivity contribution in [3.05, 3.63) is 53.5 Å². The van der Waals surface area contributed by atoms with Gasteiger partial charge in [-0.25, -0.2) is 15.0 Å². The number of benzene rings is 1. The molecule has 9 nitrogen and oxygen atoms in total. The molecule has 1 aliphatic heterocycles. The SMILES string of the molecule is CC1NC=C(c2cc(/C=N/N(C)C(N)=S)nc(Nc3ccc(C(N)=S)cc3)n2)N1C. The lowest BCUT2D eigenvalue weighted by Gasteiger charge is -2.21. The number of nitrogens with zero attached hydrogens (tertiary/aromatic N) is 5. The molecule has 1 aliphatic rings. The fourth-order valence-corrected chi connectivity index (χ4v) is 2.83. The van der Waals surface area contributed by atoms with Gasteiger partial charge in [0.1, 0.15) is 4.99 Å². The molecule has 30 heavy (non-hydrogen) atoms. The van der Waals surface area contributed by atoms with Gasteiger partial charge in [-0.1, -0.05) is 12.2 Å². The molecule has 0 aliphatic carbocycles. The van der Waals surface area contributed by atoms with Crippen LogP contribution in [0.1, 0.15) is 23.9 Å². The number of hydrazone groups is 1. The van der Waals surface area contributed by atoms with Gasteiger partial charge in [-0.15, -0.1) is 0 Å². The topological polar surface area (TPSA) is 121 Å². The molecule has 1 aromatic carbocycles. The molecule has 3 rings (SSSR count). The highest BCUT2D eigenvalue weighted by atomic mass is 32.1. The summed E-state index contributed by atoms with van der Waals surface area (Å²) in [4.78, 5) is 11.6. The first-order valence-corrected chi connectivity index (χ1v) is 9.89. The Balaban J connectivity index is 1.94. The molecule has 0 bridgehead atoms. The van der Waals surface area contributed by atoms with Gasteiger partial charge in [0.05, 0.1) is 29.5 Å². The zero-order valence-corrected chi connectivity index (χ0v) is 18.5. The van der Waals surface area contributed by atoms with Gasteiger partial charge >= 0.3 is 0 Å². The highest BCUT2D eigenvalue weighted by Gasteiger charge is 2.21. The smallest absolute Gasteiger partial charge is 0.228 e. The summed E-state index contributed by atoms with van der Waals surface area (Å²) in [6.07, 6.45) is 3.67. The zero-order valence-electron chi connectivity index (χ0n) is 16.8. The van der Waals surface area contributed by atoms with Crippen LogP contribution < -0.4 is 22.1 Å². The maximum Gasteiger partial charge on any atom is 0.228 e. The Hall–Kier alpha value is -3.31. The molecule has 2 heterocycles. The molecule has 0 fully saturated rings. The van der Waals surface area contributed by atoms with E-state index in [4.69, 9.17) is 35.9 Å². The van der Waals surface area contributed by atoms with E-state index >= 15 is 0 Å². The molecule has 1 aromatic heterocycles. The van der Waals surface area contributed by atoms with Crippen LogP contribution >= 0.6 is 24.4 Å². The summed E-state index contributed by atoms with van der Waals surface area (Å²) in [6, 6.07) is 9.26. The number of thiocarbonyl (C=S) groups is 2. The van der Waals surface area contributed by atoms with Gasteiger partial charge < -0.3 is 27.0 Å². The molecule has 0 radical (unpaired) electrons. The zero-order chi connectivity index (χ0) is 21.8. The number of hydrogen-bond donors (Lipinski definition) is 4. The highest BCUT2D eigenvalue weighted by Crippen LogP contribution is 2.24. The van der Waals surface area contributed by atoms with E-state index in [2.05, 4.69) is 37.5 Å². The van der Waals surface area contributed by atoms with Crippen molar-refractivity contribution in [3.63, 3.8) is 0 Å². The van der Waals surface area contributed by atoms with E-state index in [0.717, 1.165) is 22.6 Å². The summed E-state index contributed by atoms with van der Waals surface area (Å²) >= 11 is 9.92. The summed E-state index contributed by atoms with van der Waals surface area (Å²) in [5, 5.41) is 12.3. The maximum absolute atomic E-state index is 5.66. The quantitative estimate of drug-likeness (QED) is 0.298. The van der Waals surface area contributed by atoms with Gasteiger partial charge in [0.25, 0.3) is 0 Å². The second-order valence-electron chi connectivity index (χ2n) is 6.66. The average Bonchev–Trinajstić information content (AvgIpc) is 3.05. The van der Waals surface area contributed by atoms with Crippen molar-refractivity contribution in [1.82, 2.24) is 25.2 Å². The van der Waals surface area contributed by atoms with Crippen LogP contribution in [0.5, 0.6) is 0 Å². The summed E-state index contributed by atoms with van der Waals surface area (Å²) < 4.78 is 0. The summed E-state index contributed by atoms with van der Waals surface area (Å²) in [6.45, 7) is 2.06. The Kier molecular flexibility index (Phi) is 6.43. The van der Waals surface area contributed by atoms with Crippen LogP contribution in [0.3, 0.4) is 0 Å². The standard InChI is InChI=1S/C19H23N9S2/c1-11-22-10-16(27(11)2)15-8-14(9-23-28(3)18(21)30)25-19(26-15)24-13-6-4-12(5-7-13)17(20)29/h4-11,22H,1-3H3,(H2,20,29)(H2,21,30)(H,24,25,26)/b23-9+. The predicted molar refractivity (Wildman–Crippen MR) is 128 cm³/mol. The minimum Gasteiger partial charge on any atom is -0.389 e. The first kappa shape index (κ1) is 21.4. The van der Waals surface area contributed by atoms with Crippen LogP contribution in [-0.2, 0) is 0 Å². The molecule has 0 amide bonds. The van der Waals surface area contributed by atoms with E-state index in [1.165, 1.54) is 5.01 Å². The Labute approximate surface area is 185 Å².